The Morgan fingerprint density at radius 2 is 1.79 bits per heavy atom. The van der Waals surface area contributed by atoms with Crippen molar-refractivity contribution in [3.8, 4) is 5.75 Å². The van der Waals surface area contributed by atoms with Gasteiger partial charge in [0.25, 0.3) is 5.91 Å². The van der Waals surface area contributed by atoms with Crippen LogP contribution in [0.15, 0.2) is 42.5 Å². The standard InChI is InChI=1S/C20H25ClN2O4S/c1-13(2)11-19(14-5-8-16(27-3)9-6-14)22-20(24)15-7-10-18(17(21)12-15)23-28(4,25)26/h5-10,12-13,19,23H,11H2,1-4H3,(H,22,24)/t19-/m0/s1. The van der Waals surface area contributed by atoms with E-state index < -0.39 is 10.0 Å². The fourth-order valence-electron chi connectivity index (χ4n) is 2.77. The maximum absolute atomic E-state index is 12.7. The lowest BCUT2D eigenvalue weighted by Crippen LogP contribution is -2.29. The molecule has 0 saturated heterocycles. The highest BCUT2D eigenvalue weighted by Gasteiger charge is 2.18. The van der Waals surface area contributed by atoms with Gasteiger partial charge < -0.3 is 10.1 Å². The highest BCUT2D eigenvalue weighted by atomic mass is 35.5. The number of methoxy groups -OCH3 is 1. The number of ether oxygens (including phenoxy) is 1. The molecule has 0 aliphatic carbocycles. The number of benzene rings is 2. The first-order valence-electron chi connectivity index (χ1n) is 8.81. The monoisotopic (exact) mass is 424 g/mol. The molecule has 0 spiro atoms. The van der Waals surface area contributed by atoms with Gasteiger partial charge in [-0.3, -0.25) is 9.52 Å². The molecule has 6 nitrogen and oxygen atoms in total. The summed E-state index contributed by atoms with van der Waals surface area (Å²) < 4.78 is 30.2. The summed E-state index contributed by atoms with van der Waals surface area (Å²) in [7, 11) is -1.85. The molecule has 2 aromatic carbocycles. The van der Waals surface area contributed by atoms with Crippen molar-refractivity contribution < 1.29 is 17.9 Å². The van der Waals surface area contributed by atoms with E-state index in [-0.39, 0.29) is 22.7 Å². The first-order chi connectivity index (χ1) is 13.1. The lowest BCUT2D eigenvalue weighted by atomic mass is 9.96. The Balaban J connectivity index is 2.21. The summed E-state index contributed by atoms with van der Waals surface area (Å²) in [5.74, 6) is 0.839. The maximum Gasteiger partial charge on any atom is 0.251 e. The minimum Gasteiger partial charge on any atom is -0.497 e. The highest BCUT2D eigenvalue weighted by molar-refractivity contribution is 7.92. The van der Waals surface area contributed by atoms with E-state index in [0.717, 1.165) is 24.0 Å². The number of rotatable bonds is 8. The molecule has 2 N–H and O–H groups in total. The Morgan fingerprint density at radius 1 is 1.14 bits per heavy atom. The van der Waals surface area contributed by atoms with Crippen molar-refractivity contribution in [1.82, 2.24) is 5.32 Å². The van der Waals surface area contributed by atoms with Gasteiger partial charge in [-0.15, -0.1) is 0 Å². The molecule has 0 unspecified atom stereocenters. The van der Waals surface area contributed by atoms with Crippen molar-refractivity contribution in [2.75, 3.05) is 18.1 Å². The third kappa shape index (κ3) is 6.42. The van der Waals surface area contributed by atoms with Crippen LogP contribution < -0.4 is 14.8 Å². The molecular weight excluding hydrogens is 400 g/mol. The van der Waals surface area contributed by atoms with E-state index in [1.54, 1.807) is 7.11 Å². The van der Waals surface area contributed by atoms with Crippen LogP contribution >= 0.6 is 11.6 Å². The lowest BCUT2D eigenvalue weighted by molar-refractivity contribution is 0.0932. The normalized spacial score (nSPS) is 12.5. The van der Waals surface area contributed by atoms with Crippen molar-refractivity contribution in [3.63, 3.8) is 0 Å². The Morgan fingerprint density at radius 3 is 2.29 bits per heavy atom. The van der Waals surface area contributed by atoms with E-state index >= 15 is 0 Å². The third-order valence-corrected chi connectivity index (χ3v) is 4.96. The summed E-state index contributed by atoms with van der Waals surface area (Å²) in [5, 5.41) is 3.19. The molecule has 8 heteroatoms. The summed E-state index contributed by atoms with van der Waals surface area (Å²) in [4.78, 5) is 12.7. The van der Waals surface area contributed by atoms with Crippen molar-refractivity contribution in [2.24, 2.45) is 5.92 Å². The fraction of sp³-hybridized carbons (Fsp3) is 0.350. The quantitative estimate of drug-likeness (QED) is 0.663. The van der Waals surface area contributed by atoms with E-state index in [1.807, 2.05) is 24.3 Å². The molecule has 0 aromatic heterocycles. The number of sulfonamides is 1. The van der Waals surface area contributed by atoms with Crippen molar-refractivity contribution in [1.29, 1.82) is 0 Å². The molecule has 1 amide bonds. The van der Waals surface area contributed by atoms with Crippen LogP contribution in [0, 0.1) is 5.92 Å². The van der Waals surface area contributed by atoms with Crippen LogP contribution in [0.2, 0.25) is 5.02 Å². The average Bonchev–Trinajstić information content (AvgIpc) is 2.61. The second-order valence-electron chi connectivity index (χ2n) is 7.00. The van der Waals surface area contributed by atoms with E-state index in [9.17, 15) is 13.2 Å². The molecule has 152 valence electrons. The predicted molar refractivity (Wildman–Crippen MR) is 113 cm³/mol. The third-order valence-electron chi connectivity index (χ3n) is 4.06. The summed E-state index contributed by atoms with van der Waals surface area (Å²) >= 11 is 6.13. The van der Waals surface area contributed by atoms with Crippen LogP contribution in [-0.4, -0.2) is 27.7 Å². The summed E-state index contributed by atoms with van der Waals surface area (Å²) in [6, 6.07) is 11.9. The van der Waals surface area contributed by atoms with Gasteiger partial charge in [-0.1, -0.05) is 37.6 Å². The van der Waals surface area contributed by atoms with Gasteiger partial charge in [0, 0.05) is 5.56 Å². The van der Waals surface area contributed by atoms with Crippen molar-refractivity contribution >= 4 is 33.2 Å². The first-order valence-corrected chi connectivity index (χ1v) is 11.1. The molecule has 2 aromatic rings. The number of hydrogen-bond acceptors (Lipinski definition) is 4. The van der Waals surface area contributed by atoms with Crippen LogP contribution in [0.1, 0.15) is 42.2 Å². The molecule has 1 atom stereocenters. The molecule has 2 rings (SSSR count). The van der Waals surface area contributed by atoms with Gasteiger partial charge in [0.05, 0.1) is 30.1 Å². The molecule has 0 aliphatic rings. The van der Waals surface area contributed by atoms with Gasteiger partial charge >= 0.3 is 0 Å². The minimum absolute atomic E-state index is 0.155. The second kappa shape index (κ2) is 9.30. The summed E-state index contributed by atoms with van der Waals surface area (Å²) in [5.41, 5.74) is 1.56. The fourth-order valence-corrected chi connectivity index (χ4v) is 3.63. The zero-order valence-electron chi connectivity index (χ0n) is 16.3. The maximum atomic E-state index is 12.7. The number of nitrogens with one attached hydrogen (secondary N) is 2. The molecule has 0 heterocycles. The largest absolute Gasteiger partial charge is 0.497 e. The van der Waals surface area contributed by atoms with Crippen LogP contribution in [-0.2, 0) is 10.0 Å². The second-order valence-corrected chi connectivity index (χ2v) is 9.15. The van der Waals surface area contributed by atoms with E-state index in [4.69, 9.17) is 16.3 Å². The average molecular weight is 425 g/mol. The first kappa shape index (κ1) is 22.0. The molecule has 0 aliphatic heterocycles. The zero-order valence-corrected chi connectivity index (χ0v) is 17.9. The Bertz CT molecular complexity index is 928. The van der Waals surface area contributed by atoms with Gasteiger partial charge in [0.2, 0.25) is 10.0 Å². The Hall–Kier alpha value is -2.25. The molecule has 0 radical (unpaired) electrons. The zero-order chi connectivity index (χ0) is 20.9. The summed E-state index contributed by atoms with van der Waals surface area (Å²) in [6.07, 6.45) is 1.80. The van der Waals surface area contributed by atoms with Crippen LogP contribution in [0.5, 0.6) is 5.75 Å². The van der Waals surface area contributed by atoms with E-state index in [0.29, 0.717) is 11.5 Å². The van der Waals surface area contributed by atoms with E-state index in [1.165, 1.54) is 18.2 Å². The summed E-state index contributed by atoms with van der Waals surface area (Å²) in [6.45, 7) is 4.18. The molecule has 0 saturated carbocycles. The smallest absolute Gasteiger partial charge is 0.251 e. The number of carbonyl (C=O) groups excluding carboxylic acids is 1. The predicted octanol–water partition coefficient (Wildman–Crippen LogP) is 4.24. The van der Waals surface area contributed by atoms with Gasteiger partial charge in [0.15, 0.2) is 0 Å². The van der Waals surface area contributed by atoms with Crippen LogP contribution in [0.3, 0.4) is 0 Å². The molecule has 0 bridgehead atoms. The van der Waals surface area contributed by atoms with Crippen LogP contribution in [0.4, 0.5) is 5.69 Å². The van der Waals surface area contributed by atoms with Crippen molar-refractivity contribution in [3.05, 3.63) is 58.6 Å². The number of amides is 1. The van der Waals surface area contributed by atoms with Gasteiger partial charge in [-0.05, 0) is 48.2 Å². The van der Waals surface area contributed by atoms with Gasteiger partial charge in [-0.2, -0.15) is 0 Å². The SMILES string of the molecule is COc1ccc([C@H](CC(C)C)NC(=O)c2ccc(NS(C)(=O)=O)c(Cl)c2)cc1. The number of anilines is 1. The van der Waals surface area contributed by atoms with E-state index in [2.05, 4.69) is 23.9 Å². The number of hydrogen-bond donors (Lipinski definition) is 2. The molecular formula is C20H25ClN2O4S. The topological polar surface area (TPSA) is 84.5 Å². The minimum atomic E-state index is -3.45. The van der Waals surface area contributed by atoms with Crippen molar-refractivity contribution in [2.45, 2.75) is 26.3 Å². The number of carbonyl (C=O) groups is 1. The Kier molecular flexibility index (Phi) is 7.32. The van der Waals surface area contributed by atoms with Crippen LogP contribution in [0.25, 0.3) is 0 Å². The highest BCUT2D eigenvalue weighted by Crippen LogP contribution is 2.26. The number of halogens is 1. The molecule has 0 fully saturated rings. The Labute approximate surface area is 171 Å². The van der Waals surface area contributed by atoms with Gasteiger partial charge in [-0.25, -0.2) is 8.42 Å². The molecule has 28 heavy (non-hydrogen) atoms. The lowest BCUT2D eigenvalue weighted by Gasteiger charge is -2.22. The van der Waals surface area contributed by atoms with Gasteiger partial charge in [0.1, 0.15) is 5.75 Å².